The molecule has 0 bridgehead atoms. The summed E-state index contributed by atoms with van der Waals surface area (Å²) in [6.07, 6.45) is 43.2. The number of hydrogen-bond acceptors (Lipinski definition) is 1. The van der Waals surface area contributed by atoms with Gasteiger partial charge >= 0.3 is 0 Å². The number of aliphatic hydroxyl groups is 1. The van der Waals surface area contributed by atoms with E-state index in [1.165, 1.54) is 122 Å². The Balaban J connectivity index is 3.29. The van der Waals surface area contributed by atoms with Gasteiger partial charge in [0.1, 0.15) is 0 Å². The highest BCUT2D eigenvalue weighted by Gasteiger charge is 2.01. The summed E-state index contributed by atoms with van der Waals surface area (Å²) < 4.78 is 0. The molecule has 0 saturated carbocycles. The molecule has 0 heterocycles. The van der Waals surface area contributed by atoms with E-state index in [0.717, 1.165) is 25.7 Å². The molecular formula is C32H60O. The van der Waals surface area contributed by atoms with Gasteiger partial charge in [-0.1, -0.05) is 115 Å². The molecule has 1 heteroatoms. The Kier molecular flexibility index (Phi) is 28.5. The summed E-state index contributed by atoms with van der Waals surface area (Å²) in [6.45, 7) is 4.53. The second-order valence-corrected chi connectivity index (χ2v) is 9.97. The van der Waals surface area contributed by atoms with Crippen molar-refractivity contribution in [3.8, 4) is 0 Å². The molecule has 1 atom stereocenters. The highest BCUT2D eigenvalue weighted by atomic mass is 16.3. The topological polar surface area (TPSA) is 20.2 Å². The van der Waals surface area contributed by atoms with E-state index in [1.54, 1.807) is 0 Å². The van der Waals surface area contributed by atoms with E-state index in [2.05, 4.69) is 50.3 Å². The molecule has 0 aliphatic rings. The largest absolute Gasteiger partial charge is 0.393 e. The van der Waals surface area contributed by atoms with Crippen LogP contribution in [-0.4, -0.2) is 11.2 Å². The molecule has 1 nitrogen and oxygen atoms in total. The van der Waals surface area contributed by atoms with E-state index in [1.807, 2.05) is 0 Å². The summed E-state index contributed by atoms with van der Waals surface area (Å²) in [5.74, 6) is 0. The van der Waals surface area contributed by atoms with Gasteiger partial charge in [-0.05, 0) is 83.5 Å². The highest BCUT2D eigenvalue weighted by molar-refractivity contribution is 4.83. The Morgan fingerprint density at radius 2 is 0.727 bits per heavy atom. The fourth-order valence-electron chi connectivity index (χ4n) is 4.21. The Bertz CT molecular complexity index is 434. The Morgan fingerprint density at radius 1 is 0.394 bits per heavy atom. The first kappa shape index (κ1) is 32.2. The minimum Gasteiger partial charge on any atom is -0.393 e. The minimum absolute atomic E-state index is 0.112. The minimum atomic E-state index is -0.112. The van der Waals surface area contributed by atoms with Crippen LogP contribution < -0.4 is 0 Å². The third-order valence-corrected chi connectivity index (χ3v) is 6.51. The first-order valence-corrected chi connectivity index (χ1v) is 14.9. The zero-order valence-electron chi connectivity index (χ0n) is 22.8. The van der Waals surface area contributed by atoms with Crippen molar-refractivity contribution in [2.45, 2.75) is 168 Å². The van der Waals surface area contributed by atoms with Crippen molar-refractivity contribution < 1.29 is 5.11 Å². The van der Waals surface area contributed by atoms with Gasteiger partial charge in [0.25, 0.3) is 0 Å². The van der Waals surface area contributed by atoms with E-state index in [4.69, 9.17) is 0 Å². The second kappa shape index (κ2) is 29.2. The van der Waals surface area contributed by atoms with Gasteiger partial charge in [-0.25, -0.2) is 0 Å². The fourth-order valence-corrected chi connectivity index (χ4v) is 4.21. The molecule has 0 radical (unpaired) electrons. The standard InChI is InChI=1S/C32H60O/c1-3-5-7-9-11-13-15-16-17-18-19-20-21-23-25-27-29-31-32(33)30-28-26-24-22-14-12-10-8-6-4-2/h11,13-14,22,25,27,32-33H,3-10,12,15-21,23-24,26,28-31H2,1-2H3. The maximum absolute atomic E-state index is 10.1. The molecule has 194 valence electrons. The number of rotatable bonds is 26. The van der Waals surface area contributed by atoms with Gasteiger partial charge in [0.15, 0.2) is 0 Å². The number of unbranched alkanes of at least 4 members (excludes halogenated alkanes) is 16. The number of hydrogen-bond donors (Lipinski definition) is 1. The van der Waals surface area contributed by atoms with Crippen LogP contribution in [0.25, 0.3) is 0 Å². The van der Waals surface area contributed by atoms with Crippen LogP contribution in [-0.2, 0) is 0 Å². The van der Waals surface area contributed by atoms with Crippen molar-refractivity contribution in [2.75, 3.05) is 0 Å². The van der Waals surface area contributed by atoms with Crippen LogP contribution in [0.5, 0.6) is 0 Å². The maximum Gasteiger partial charge on any atom is 0.0543 e. The van der Waals surface area contributed by atoms with Crippen LogP contribution in [0.15, 0.2) is 36.5 Å². The zero-order valence-corrected chi connectivity index (χ0v) is 22.8. The van der Waals surface area contributed by atoms with Crippen molar-refractivity contribution in [3.63, 3.8) is 0 Å². The van der Waals surface area contributed by atoms with Crippen LogP contribution in [0, 0.1) is 0 Å². The van der Waals surface area contributed by atoms with Crippen LogP contribution in [0.4, 0.5) is 0 Å². The van der Waals surface area contributed by atoms with E-state index >= 15 is 0 Å². The van der Waals surface area contributed by atoms with Crippen molar-refractivity contribution in [3.05, 3.63) is 36.5 Å². The molecule has 0 amide bonds. The maximum atomic E-state index is 10.1. The molecule has 33 heavy (non-hydrogen) atoms. The van der Waals surface area contributed by atoms with Crippen molar-refractivity contribution in [2.24, 2.45) is 0 Å². The lowest BCUT2D eigenvalue weighted by Crippen LogP contribution is -2.05. The van der Waals surface area contributed by atoms with Crippen LogP contribution >= 0.6 is 0 Å². The molecule has 0 aliphatic carbocycles. The predicted molar refractivity (Wildman–Crippen MR) is 151 cm³/mol. The summed E-state index contributed by atoms with van der Waals surface area (Å²) in [6, 6.07) is 0. The normalized spacial score (nSPS) is 13.2. The van der Waals surface area contributed by atoms with Gasteiger partial charge in [-0.2, -0.15) is 0 Å². The average molecular weight is 461 g/mol. The molecule has 0 aromatic rings. The third kappa shape index (κ3) is 29.1. The smallest absolute Gasteiger partial charge is 0.0543 e. The Labute approximate surface area is 209 Å². The Morgan fingerprint density at radius 3 is 1.21 bits per heavy atom. The van der Waals surface area contributed by atoms with E-state index in [9.17, 15) is 5.11 Å². The lowest BCUT2D eigenvalue weighted by Gasteiger charge is -2.08. The lowest BCUT2D eigenvalue weighted by atomic mass is 10.0. The number of allylic oxidation sites excluding steroid dienone is 6. The van der Waals surface area contributed by atoms with Gasteiger partial charge in [-0.3, -0.25) is 0 Å². The van der Waals surface area contributed by atoms with Crippen molar-refractivity contribution in [1.29, 1.82) is 0 Å². The van der Waals surface area contributed by atoms with Crippen molar-refractivity contribution in [1.82, 2.24) is 0 Å². The SMILES string of the molecule is CCCCCC=CCCCCCCCCC=CCCC(O)CCCCC=CCCCCCC. The molecular weight excluding hydrogens is 400 g/mol. The fraction of sp³-hybridized carbons (Fsp3) is 0.812. The zero-order chi connectivity index (χ0) is 24.1. The summed E-state index contributed by atoms with van der Waals surface area (Å²) in [5.41, 5.74) is 0. The summed E-state index contributed by atoms with van der Waals surface area (Å²) in [7, 11) is 0. The van der Waals surface area contributed by atoms with Gasteiger partial charge in [-0.15, -0.1) is 0 Å². The van der Waals surface area contributed by atoms with Gasteiger partial charge in [0.05, 0.1) is 6.10 Å². The second-order valence-electron chi connectivity index (χ2n) is 9.97. The van der Waals surface area contributed by atoms with Crippen molar-refractivity contribution >= 4 is 0 Å². The highest BCUT2D eigenvalue weighted by Crippen LogP contribution is 2.12. The summed E-state index contributed by atoms with van der Waals surface area (Å²) in [4.78, 5) is 0. The molecule has 0 rings (SSSR count). The first-order valence-electron chi connectivity index (χ1n) is 14.9. The Hall–Kier alpha value is -0.820. The molecule has 1 N–H and O–H groups in total. The quantitative estimate of drug-likeness (QED) is 0.100. The van der Waals surface area contributed by atoms with E-state index in [-0.39, 0.29) is 6.10 Å². The summed E-state index contributed by atoms with van der Waals surface area (Å²) >= 11 is 0. The lowest BCUT2D eigenvalue weighted by molar-refractivity contribution is 0.152. The van der Waals surface area contributed by atoms with E-state index in [0.29, 0.717) is 0 Å². The van der Waals surface area contributed by atoms with Crippen LogP contribution in [0.3, 0.4) is 0 Å². The monoisotopic (exact) mass is 460 g/mol. The molecule has 0 aromatic heterocycles. The number of aliphatic hydroxyl groups excluding tert-OH is 1. The van der Waals surface area contributed by atoms with E-state index < -0.39 is 0 Å². The van der Waals surface area contributed by atoms with Crippen LogP contribution in [0.1, 0.15) is 162 Å². The first-order chi connectivity index (χ1) is 16.3. The molecule has 0 aromatic carbocycles. The molecule has 1 unspecified atom stereocenters. The third-order valence-electron chi connectivity index (χ3n) is 6.51. The van der Waals surface area contributed by atoms with Gasteiger partial charge < -0.3 is 5.11 Å². The van der Waals surface area contributed by atoms with Gasteiger partial charge in [0, 0.05) is 0 Å². The summed E-state index contributed by atoms with van der Waals surface area (Å²) in [5, 5.41) is 10.1. The molecule has 0 fully saturated rings. The van der Waals surface area contributed by atoms with Crippen LogP contribution in [0.2, 0.25) is 0 Å². The molecule has 0 saturated heterocycles. The molecule has 0 aliphatic heterocycles. The predicted octanol–water partition coefficient (Wildman–Crippen LogP) is 11.0. The van der Waals surface area contributed by atoms with Gasteiger partial charge in [0.2, 0.25) is 0 Å². The molecule has 0 spiro atoms. The average Bonchev–Trinajstić information content (AvgIpc) is 2.82.